The van der Waals surface area contributed by atoms with E-state index < -0.39 is 0 Å². The Kier molecular flexibility index (Phi) is 3.05. The molecule has 5 nitrogen and oxygen atoms in total. The van der Waals surface area contributed by atoms with Gasteiger partial charge in [0.2, 0.25) is 0 Å². The van der Waals surface area contributed by atoms with Crippen LogP contribution in [-0.2, 0) is 9.47 Å². The zero-order valence-corrected chi connectivity index (χ0v) is 12.2. The van der Waals surface area contributed by atoms with Crippen molar-refractivity contribution < 1.29 is 9.47 Å². The van der Waals surface area contributed by atoms with E-state index in [2.05, 4.69) is 9.88 Å². The van der Waals surface area contributed by atoms with Gasteiger partial charge >= 0.3 is 0 Å². The van der Waals surface area contributed by atoms with Gasteiger partial charge < -0.3 is 14.4 Å². The fourth-order valence-corrected chi connectivity index (χ4v) is 3.22. The molecular weight excluding hydrogens is 266 g/mol. The predicted octanol–water partition coefficient (Wildman–Crippen LogP) is 2.28. The highest BCUT2D eigenvalue weighted by atomic mass is 16.7. The van der Waals surface area contributed by atoms with E-state index in [1.54, 1.807) is 0 Å². The number of hydrogen-bond donors (Lipinski definition) is 0. The molecule has 4 rings (SSSR count). The number of nitrogens with zero attached hydrogens (tertiary/aromatic N) is 3. The van der Waals surface area contributed by atoms with Crippen LogP contribution in [-0.4, -0.2) is 42.1 Å². The Balaban J connectivity index is 1.60. The highest BCUT2D eigenvalue weighted by molar-refractivity contribution is 5.76. The number of piperidine rings is 1. The molecule has 1 spiro atoms. The minimum atomic E-state index is -0.339. The smallest absolute Gasteiger partial charge is 0.171 e. The van der Waals surface area contributed by atoms with Crippen LogP contribution in [0, 0.1) is 6.92 Å². The number of anilines is 1. The average Bonchev–Trinajstić information content (AvgIpc) is 2.96. The first-order valence-corrected chi connectivity index (χ1v) is 7.52. The Morgan fingerprint density at radius 1 is 1.00 bits per heavy atom. The van der Waals surface area contributed by atoms with Crippen LogP contribution in [0.2, 0.25) is 0 Å². The van der Waals surface area contributed by atoms with Crippen LogP contribution < -0.4 is 4.90 Å². The molecule has 2 saturated heterocycles. The highest BCUT2D eigenvalue weighted by Crippen LogP contribution is 2.33. The van der Waals surface area contributed by atoms with Crippen molar-refractivity contribution in [1.82, 2.24) is 9.97 Å². The summed E-state index contributed by atoms with van der Waals surface area (Å²) < 4.78 is 11.6. The summed E-state index contributed by atoms with van der Waals surface area (Å²) in [6.45, 7) is 5.26. The molecule has 2 aliphatic rings. The van der Waals surface area contributed by atoms with Crippen molar-refractivity contribution >= 4 is 16.9 Å². The number of rotatable bonds is 1. The molecule has 0 atom stereocenters. The van der Waals surface area contributed by atoms with Crippen LogP contribution in [0.4, 0.5) is 5.82 Å². The summed E-state index contributed by atoms with van der Waals surface area (Å²) in [4.78, 5) is 11.8. The molecule has 0 saturated carbocycles. The maximum Gasteiger partial charge on any atom is 0.171 e. The van der Waals surface area contributed by atoms with Gasteiger partial charge in [0, 0.05) is 25.9 Å². The number of ether oxygens (including phenoxy) is 2. The molecule has 0 radical (unpaired) electrons. The summed E-state index contributed by atoms with van der Waals surface area (Å²) in [6, 6.07) is 8.02. The van der Waals surface area contributed by atoms with Gasteiger partial charge in [0.05, 0.1) is 29.9 Å². The summed E-state index contributed by atoms with van der Waals surface area (Å²) in [5.41, 5.74) is 2.89. The molecule has 5 heteroatoms. The number of fused-ring (bicyclic) bond motifs is 1. The van der Waals surface area contributed by atoms with E-state index in [1.807, 2.05) is 31.2 Å². The minimum Gasteiger partial charge on any atom is -0.355 e. The lowest BCUT2D eigenvalue weighted by atomic mass is 10.0. The van der Waals surface area contributed by atoms with Gasteiger partial charge in [0.25, 0.3) is 0 Å². The summed E-state index contributed by atoms with van der Waals surface area (Å²) in [5, 5.41) is 0. The number of para-hydroxylation sites is 2. The first kappa shape index (κ1) is 13.0. The molecule has 0 N–H and O–H groups in total. The molecule has 110 valence electrons. The van der Waals surface area contributed by atoms with Crippen molar-refractivity contribution in [3.63, 3.8) is 0 Å². The Hall–Kier alpha value is -1.72. The van der Waals surface area contributed by atoms with E-state index in [0.29, 0.717) is 0 Å². The largest absolute Gasteiger partial charge is 0.355 e. The van der Waals surface area contributed by atoms with Gasteiger partial charge in [-0.05, 0) is 19.1 Å². The lowest BCUT2D eigenvalue weighted by molar-refractivity contribution is -0.169. The normalized spacial score (nSPS) is 21.3. The van der Waals surface area contributed by atoms with Crippen LogP contribution >= 0.6 is 0 Å². The summed E-state index contributed by atoms with van der Waals surface area (Å²) >= 11 is 0. The third-order valence-electron chi connectivity index (χ3n) is 4.36. The van der Waals surface area contributed by atoms with Crippen LogP contribution in [0.15, 0.2) is 24.3 Å². The van der Waals surface area contributed by atoms with E-state index in [0.717, 1.165) is 61.7 Å². The van der Waals surface area contributed by atoms with Crippen molar-refractivity contribution in [3.05, 3.63) is 30.0 Å². The standard InChI is InChI=1S/C16H19N3O2/c1-12-15(18-14-5-3-2-4-13(14)17-12)19-8-6-16(7-9-19)20-10-11-21-16/h2-5H,6-11H2,1H3. The fraction of sp³-hybridized carbons (Fsp3) is 0.500. The molecule has 0 unspecified atom stereocenters. The minimum absolute atomic E-state index is 0.339. The van der Waals surface area contributed by atoms with Gasteiger partial charge in [-0.1, -0.05) is 12.1 Å². The van der Waals surface area contributed by atoms with Crippen LogP contribution in [0.3, 0.4) is 0 Å². The lowest BCUT2D eigenvalue weighted by Crippen LogP contribution is -2.45. The number of hydrogen-bond acceptors (Lipinski definition) is 5. The zero-order chi connectivity index (χ0) is 14.3. The summed E-state index contributed by atoms with van der Waals surface area (Å²) in [7, 11) is 0. The van der Waals surface area contributed by atoms with Gasteiger partial charge in [-0.3, -0.25) is 0 Å². The molecule has 0 bridgehead atoms. The van der Waals surface area contributed by atoms with Crippen molar-refractivity contribution in [2.75, 3.05) is 31.2 Å². The van der Waals surface area contributed by atoms with E-state index in [9.17, 15) is 0 Å². The topological polar surface area (TPSA) is 47.5 Å². The Morgan fingerprint density at radius 2 is 1.62 bits per heavy atom. The quantitative estimate of drug-likeness (QED) is 0.804. The Bertz CT molecular complexity index is 658. The Morgan fingerprint density at radius 3 is 2.29 bits per heavy atom. The first-order chi connectivity index (χ1) is 10.3. The fourth-order valence-electron chi connectivity index (χ4n) is 3.22. The molecule has 1 aromatic carbocycles. The van der Waals surface area contributed by atoms with Crippen LogP contribution in [0.25, 0.3) is 11.0 Å². The monoisotopic (exact) mass is 285 g/mol. The van der Waals surface area contributed by atoms with Gasteiger partial charge in [0.1, 0.15) is 0 Å². The van der Waals surface area contributed by atoms with Crippen LogP contribution in [0.5, 0.6) is 0 Å². The second-order valence-electron chi connectivity index (χ2n) is 5.72. The molecule has 3 heterocycles. The maximum atomic E-state index is 5.78. The number of benzene rings is 1. The lowest BCUT2D eigenvalue weighted by Gasteiger charge is -2.38. The summed E-state index contributed by atoms with van der Waals surface area (Å²) in [5.74, 6) is 0.649. The van der Waals surface area contributed by atoms with Crippen molar-refractivity contribution in [2.24, 2.45) is 0 Å². The number of aromatic nitrogens is 2. The van der Waals surface area contributed by atoms with E-state index in [4.69, 9.17) is 14.5 Å². The van der Waals surface area contributed by atoms with E-state index in [-0.39, 0.29) is 5.79 Å². The van der Waals surface area contributed by atoms with E-state index >= 15 is 0 Å². The molecule has 2 fully saturated rings. The highest BCUT2D eigenvalue weighted by Gasteiger charge is 2.40. The second kappa shape index (κ2) is 4.93. The molecule has 0 amide bonds. The Labute approximate surface area is 123 Å². The molecule has 2 aromatic rings. The molecule has 1 aromatic heterocycles. The van der Waals surface area contributed by atoms with Gasteiger partial charge in [-0.15, -0.1) is 0 Å². The second-order valence-corrected chi connectivity index (χ2v) is 5.72. The molecular formula is C16H19N3O2. The van der Waals surface area contributed by atoms with Crippen molar-refractivity contribution in [1.29, 1.82) is 0 Å². The molecule has 2 aliphatic heterocycles. The molecule has 0 aliphatic carbocycles. The maximum absolute atomic E-state index is 5.78. The predicted molar refractivity (Wildman–Crippen MR) is 80.4 cm³/mol. The first-order valence-electron chi connectivity index (χ1n) is 7.52. The number of aryl methyl sites for hydroxylation is 1. The molecule has 21 heavy (non-hydrogen) atoms. The third-order valence-corrected chi connectivity index (χ3v) is 4.36. The van der Waals surface area contributed by atoms with E-state index in [1.165, 1.54) is 0 Å². The van der Waals surface area contributed by atoms with Crippen molar-refractivity contribution in [2.45, 2.75) is 25.6 Å². The van der Waals surface area contributed by atoms with Crippen LogP contribution in [0.1, 0.15) is 18.5 Å². The van der Waals surface area contributed by atoms with Gasteiger partial charge in [-0.25, -0.2) is 9.97 Å². The van der Waals surface area contributed by atoms with Gasteiger partial charge in [0.15, 0.2) is 11.6 Å². The van der Waals surface area contributed by atoms with Crippen molar-refractivity contribution in [3.8, 4) is 0 Å². The zero-order valence-electron chi connectivity index (χ0n) is 12.2. The summed E-state index contributed by atoms with van der Waals surface area (Å²) in [6.07, 6.45) is 1.78. The van der Waals surface area contributed by atoms with Gasteiger partial charge in [-0.2, -0.15) is 0 Å². The average molecular weight is 285 g/mol. The SMILES string of the molecule is Cc1nc2ccccc2nc1N1CCC2(CC1)OCCO2. The third kappa shape index (κ3) is 2.26.